The molecular weight excluding hydrogens is 679 g/mol. The average Bonchev–Trinajstić information content (AvgIpc) is 3.74. The maximum atomic E-state index is 13.5. The van der Waals surface area contributed by atoms with Gasteiger partial charge in [-0.2, -0.15) is 0 Å². The molecule has 0 bridgehead atoms. The molecule has 0 unspecified atom stereocenters. The van der Waals surface area contributed by atoms with E-state index in [1.165, 1.54) is 11.8 Å². The smallest absolute Gasteiger partial charge is 0.282 e. The van der Waals surface area contributed by atoms with Crippen molar-refractivity contribution >= 4 is 48.9 Å². The molecule has 2 aliphatic heterocycles. The minimum Gasteiger partial charge on any atom is -0.457 e. The van der Waals surface area contributed by atoms with Crippen molar-refractivity contribution in [1.82, 2.24) is 14.6 Å². The van der Waals surface area contributed by atoms with Crippen molar-refractivity contribution in [2.75, 3.05) is 13.1 Å². The number of sulfonamides is 1. The minimum absolute atomic E-state index is 0.0590. The quantitative estimate of drug-likeness (QED) is 0.141. The Morgan fingerprint density at radius 3 is 2.55 bits per heavy atom. The molecule has 2 saturated heterocycles. The maximum Gasteiger partial charge on any atom is 0.282 e. The lowest BCUT2D eigenvalue weighted by Gasteiger charge is -2.39. The van der Waals surface area contributed by atoms with Crippen molar-refractivity contribution in [3.63, 3.8) is 0 Å². The van der Waals surface area contributed by atoms with Crippen molar-refractivity contribution in [2.45, 2.75) is 36.1 Å². The van der Waals surface area contributed by atoms with Gasteiger partial charge in [-0.25, -0.2) is 18.1 Å². The van der Waals surface area contributed by atoms with Crippen LogP contribution in [0.5, 0.6) is 11.5 Å². The monoisotopic (exact) mass is 715 g/mol. The van der Waals surface area contributed by atoms with Crippen LogP contribution < -0.4 is 9.46 Å². The van der Waals surface area contributed by atoms with Gasteiger partial charge < -0.3 is 14.1 Å². The van der Waals surface area contributed by atoms with E-state index in [2.05, 4.69) is 42.5 Å². The molecule has 0 radical (unpaired) electrons. The van der Waals surface area contributed by atoms with Gasteiger partial charge in [0.25, 0.3) is 15.3 Å². The van der Waals surface area contributed by atoms with E-state index >= 15 is 0 Å². The summed E-state index contributed by atoms with van der Waals surface area (Å²) < 4.78 is 41.0. The normalized spacial score (nSPS) is 19.7. The summed E-state index contributed by atoms with van der Waals surface area (Å²) in [7, 11) is -3.87. The van der Waals surface area contributed by atoms with E-state index in [-0.39, 0.29) is 40.0 Å². The summed E-state index contributed by atoms with van der Waals surface area (Å²) in [5.74, 6) is 1.50. The molecule has 258 valence electrons. The van der Waals surface area contributed by atoms with Crippen molar-refractivity contribution in [2.24, 2.45) is 11.8 Å². The average molecular weight is 716 g/mol. The number of carbonyl (C=O) groups is 1. The zero-order valence-corrected chi connectivity index (χ0v) is 29.7. The largest absolute Gasteiger partial charge is 0.457 e. The molecule has 1 N–H and O–H groups in total. The molecule has 2 fully saturated rings. The first-order valence-corrected chi connectivity index (χ1v) is 19.4. The van der Waals surface area contributed by atoms with Crippen molar-refractivity contribution in [1.29, 1.82) is 0 Å². The number of nitrogens with zero attached hydrogens (tertiary/aromatic N) is 2. The van der Waals surface area contributed by atoms with Crippen LogP contribution in [0.2, 0.25) is 0 Å². The number of aromatic nitrogens is 1. The van der Waals surface area contributed by atoms with Crippen LogP contribution in [0.4, 0.5) is 4.79 Å². The Bertz CT molecular complexity index is 2330. The highest BCUT2D eigenvalue weighted by Crippen LogP contribution is 2.51. The van der Waals surface area contributed by atoms with Gasteiger partial charge in [0, 0.05) is 41.5 Å². The van der Waals surface area contributed by atoms with Crippen LogP contribution in [0, 0.1) is 18.8 Å². The third-order valence-electron chi connectivity index (χ3n) is 10.0. The third-order valence-corrected chi connectivity index (χ3v) is 12.5. The maximum absolute atomic E-state index is 13.5. The van der Waals surface area contributed by atoms with Crippen molar-refractivity contribution < 1.29 is 22.4 Å². The van der Waals surface area contributed by atoms with Gasteiger partial charge in [0.15, 0.2) is 0 Å². The fraction of sp³-hybridized carbons (Fsp3) is 0.220. The number of furan rings is 1. The van der Waals surface area contributed by atoms with Gasteiger partial charge in [0.1, 0.15) is 17.1 Å². The second-order valence-electron chi connectivity index (χ2n) is 13.3. The molecular formula is C41H37N3O5S2. The van der Waals surface area contributed by atoms with Gasteiger partial charge in [-0.3, -0.25) is 4.79 Å². The number of rotatable bonds is 10. The number of thioether (sulfide) groups is 1. The number of amides is 1. The standard InChI is InChI=1S/C41H37N3O5S2/c1-3-27(25-42-51(46,47)39-23-30-9-7-8-12-38(30)49-39)29-19-20-44-37(22-29)40(50-41(44)45)34-24-36(43-35-18-13-26(2)21-33(34)35)28-14-16-32(17-15-28)48-31-10-5-4-6-11-31/h3-18,21,23-24,27,29,37,40,42H,1,19-20,22,25H2,2H3/t27-,29-,37-,40-/m0/s1. The molecule has 4 aromatic carbocycles. The van der Waals surface area contributed by atoms with Gasteiger partial charge in [-0.15, -0.1) is 6.58 Å². The number of benzene rings is 4. The van der Waals surface area contributed by atoms with Crippen LogP contribution in [0.25, 0.3) is 33.1 Å². The number of hydrogen-bond donors (Lipinski definition) is 1. The molecule has 0 spiro atoms. The van der Waals surface area contributed by atoms with E-state index in [1.807, 2.05) is 83.8 Å². The summed E-state index contributed by atoms with van der Waals surface area (Å²) in [5.41, 5.74) is 5.38. The number of carbonyl (C=O) groups excluding carboxylic acids is 1. The molecule has 0 aliphatic carbocycles. The van der Waals surface area contributed by atoms with Crippen LogP contribution in [-0.2, 0) is 10.0 Å². The molecule has 1 amide bonds. The molecule has 6 aromatic rings. The molecule has 4 atom stereocenters. The molecule has 8 rings (SSSR count). The van der Waals surface area contributed by atoms with Crippen LogP contribution in [0.15, 0.2) is 131 Å². The molecule has 4 heterocycles. The van der Waals surface area contributed by atoms with Crippen molar-refractivity contribution in [3.05, 3.63) is 133 Å². The summed E-state index contributed by atoms with van der Waals surface area (Å²) in [5, 5.41) is 1.62. The van der Waals surface area contributed by atoms with Crippen LogP contribution in [0.1, 0.15) is 29.2 Å². The molecule has 2 aromatic heterocycles. The number of para-hydroxylation sites is 2. The van der Waals surface area contributed by atoms with Crippen LogP contribution >= 0.6 is 11.8 Å². The van der Waals surface area contributed by atoms with E-state index in [4.69, 9.17) is 14.1 Å². The predicted molar refractivity (Wildman–Crippen MR) is 202 cm³/mol. The number of hydrogen-bond acceptors (Lipinski definition) is 7. The SMILES string of the molecule is C=C[C@@H](CNS(=O)(=O)c1cc2ccccc2o1)[C@H]1CCN2C(=O)S[C@@H](c3cc(-c4ccc(Oc5ccccc5)cc4)nc4ccc(C)cc34)[C@@H]2C1. The number of fused-ring (bicyclic) bond motifs is 3. The zero-order chi connectivity index (χ0) is 35.1. The van der Waals surface area contributed by atoms with E-state index < -0.39 is 10.0 Å². The topological polar surface area (TPSA) is 102 Å². The summed E-state index contributed by atoms with van der Waals surface area (Å²) in [6.07, 6.45) is 3.33. The van der Waals surface area contributed by atoms with Gasteiger partial charge in [0.05, 0.1) is 16.5 Å². The second-order valence-corrected chi connectivity index (χ2v) is 16.1. The Balaban J connectivity index is 1.06. The third kappa shape index (κ3) is 6.67. The van der Waals surface area contributed by atoms with Gasteiger partial charge in [-0.05, 0) is 97.8 Å². The number of nitrogens with one attached hydrogen (secondary N) is 1. The Labute approximate surface area is 301 Å². The van der Waals surface area contributed by atoms with Gasteiger partial charge in [-0.1, -0.05) is 65.9 Å². The first-order valence-electron chi connectivity index (χ1n) is 17.1. The highest BCUT2D eigenvalue weighted by Gasteiger charge is 2.46. The molecule has 51 heavy (non-hydrogen) atoms. The number of ether oxygens (including phenoxy) is 1. The molecule has 2 aliphatic rings. The minimum atomic E-state index is -3.87. The Morgan fingerprint density at radius 2 is 1.76 bits per heavy atom. The van der Waals surface area contributed by atoms with E-state index in [1.54, 1.807) is 12.1 Å². The fourth-order valence-electron chi connectivity index (χ4n) is 7.33. The number of pyridine rings is 1. The lowest BCUT2D eigenvalue weighted by atomic mass is 9.79. The fourth-order valence-corrected chi connectivity index (χ4v) is 9.68. The first kappa shape index (κ1) is 33.3. The van der Waals surface area contributed by atoms with Gasteiger partial charge >= 0.3 is 0 Å². The summed E-state index contributed by atoms with van der Waals surface area (Å²) in [4.78, 5) is 20.6. The van der Waals surface area contributed by atoms with Crippen LogP contribution in [-0.4, -0.2) is 42.7 Å². The van der Waals surface area contributed by atoms with Crippen molar-refractivity contribution in [3.8, 4) is 22.8 Å². The summed E-state index contributed by atoms with van der Waals surface area (Å²) in [6.45, 7) is 6.95. The lowest BCUT2D eigenvalue weighted by Crippen LogP contribution is -2.44. The Morgan fingerprint density at radius 1 is 1.00 bits per heavy atom. The molecule has 10 heteroatoms. The first-order chi connectivity index (χ1) is 24.8. The Hall–Kier alpha value is -4.90. The van der Waals surface area contributed by atoms with Gasteiger partial charge in [0.2, 0.25) is 5.09 Å². The second kappa shape index (κ2) is 13.7. The van der Waals surface area contributed by atoms with E-state index in [0.29, 0.717) is 12.1 Å². The number of piperidine rings is 1. The van der Waals surface area contributed by atoms with E-state index in [9.17, 15) is 13.2 Å². The van der Waals surface area contributed by atoms with E-state index in [0.717, 1.165) is 63.0 Å². The highest BCUT2D eigenvalue weighted by atomic mass is 32.2. The zero-order valence-electron chi connectivity index (χ0n) is 28.1. The summed E-state index contributed by atoms with van der Waals surface area (Å²) in [6, 6.07) is 34.7. The summed E-state index contributed by atoms with van der Waals surface area (Å²) >= 11 is 1.38. The lowest BCUT2D eigenvalue weighted by molar-refractivity contribution is 0.135. The molecule has 0 saturated carbocycles. The van der Waals surface area contributed by atoms with Crippen LogP contribution in [0.3, 0.4) is 0 Å². The number of aryl methyl sites for hydroxylation is 1. The Kier molecular flexibility index (Phi) is 8.91. The highest BCUT2D eigenvalue weighted by molar-refractivity contribution is 8.14. The predicted octanol–water partition coefficient (Wildman–Crippen LogP) is 9.52. The molecule has 8 nitrogen and oxygen atoms in total.